The molecular formula is C7H10N2O2S2. The second-order valence-electron chi connectivity index (χ2n) is 3.06. The Balaban J connectivity index is 2.55. The molecule has 1 aliphatic heterocycles. The molecule has 2 rings (SSSR count). The second-order valence-corrected chi connectivity index (χ2v) is 6.10. The number of sulfone groups is 1. The molecule has 0 saturated carbocycles. The standard InChI is InChI=1S/C7H10N2O2S2/c1-13(10,11)7-5-4-12-3-2-6(5)8-9-7/h2-4H2,1H3,(H,8,9). The van der Waals surface area contributed by atoms with Gasteiger partial charge in [0.15, 0.2) is 14.9 Å². The third-order valence-electron chi connectivity index (χ3n) is 2.01. The van der Waals surface area contributed by atoms with Crippen molar-refractivity contribution in [1.82, 2.24) is 10.2 Å². The molecule has 6 heteroatoms. The molecule has 1 aliphatic rings. The minimum Gasteiger partial charge on any atom is -0.281 e. The van der Waals surface area contributed by atoms with Crippen molar-refractivity contribution < 1.29 is 8.42 Å². The lowest BCUT2D eigenvalue weighted by molar-refractivity contribution is 0.597. The minimum atomic E-state index is -3.16. The molecule has 0 saturated heterocycles. The van der Waals surface area contributed by atoms with Crippen LogP contribution in [-0.2, 0) is 22.0 Å². The number of aromatic nitrogens is 2. The monoisotopic (exact) mass is 218 g/mol. The molecule has 4 nitrogen and oxygen atoms in total. The highest BCUT2D eigenvalue weighted by atomic mass is 32.2. The quantitative estimate of drug-likeness (QED) is 0.750. The SMILES string of the molecule is CS(=O)(=O)c1n[nH]c2c1CSCC2. The molecule has 0 atom stereocenters. The van der Waals surface area contributed by atoms with Crippen LogP contribution in [0.4, 0.5) is 0 Å². The van der Waals surface area contributed by atoms with Gasteiger partial charge in [0.2, 0.25) is 0 Å². The van der Waals surface area contributed by atoms with Crippen molar-refractivity contribution >= 4 is 21.6 Å². The first kappa shape index (κ1) is 9.08. The van der Waals surface area contributed by atoms with E-state index in [1.165, 1.54) is 6.26 Å². The van der Waals surface area contributed by atoms with Gasteiger partial charge in [-0.2, -0.15) is 16.9 Å². The number of rotatable bonds is 1. The molecule has 0 amide bonds. The highest BCUT2D eigenvalue weighted by molar-refractivity contribution is 7.98. The van der Waals surface area contributed by atoms with Crippen LogP contribution in [0.1, 0.15) is 11.3 Å². The molecule has 0 fully saturated rings. The maximum atomic E-state index is 11.3. The Morgan fingerprint density at radius 3 is 3.00 bits per heavy atom. The maximum Gasteiger partial charge on any atom is 0.194 e. The van der Waals surface area contributed by atoms with Crippen LogP contribution in [0.5, 0.6) is 0 Å². The number of fused-ring (bicyclic) bond motifs is 1. The summed E-state index contributed by atoms with van der Waals surface area (Å²) in [7, 11) is -3.16. The average Bonchev–Trinajstić information content (AvgIpc) is 2.45. The van der Waals surface area contributed by atoms with Gasteiger partial charge in [0, 0.05) is 23.3 Å². The molecule has 1 aromatic heterocycles. The van der Waals surface area contributed by atoms with Crippen LogP contribution < -0.4 is 0 Å². The zero-order chi connectivity index (χ0) is 9.47. The van der Waals surface area contributed by atoms with Crippen LogP contribution >= 0.6 is 11.8 Å². The van der Waals surface area contributed by atoms with E-state index in [0.29, 0.717) is 0 Å². The number of aryl methyl sites for hydroxylation is 1. The van der Waals surface area contributed by atoms with E-state index in [4.69, 9.17) is 0 Å². The molecule has 1 N–H and O–H groups in total. The number of aromatic amines is 1. The normalized spacial score (nSPS) is 17.0. The van der Waals surface area contributed by atoms with E-state index in [0.717, 1.165) is 29.2 Å². The molecule has 0 bridgehead atoms. The van der Waals surface area contributed by atoms with Crippen molar-refractivity contribution in [3.05, 3.63) is 11.3 Å². The van der Waals surface area contributed by atoms with Crippen LogP contribution in [0.25, 0.3) is 0 Å². The zero-order valence-corrected chi connectivity index (χ0v) is 8.83. The van der Waals surface area contributed by atoms with E-state index >= 15 is 0 Å². The molecule has 13 heavy (non-hydrogen) atoms. The van der Waals surface area contributed by atoms with E-state index in [2.05, 4.69) is 10.2 Å². The third kappa shape index (κ3) is 1.60. The molecule has 72 valence electrons. The molecule has 1 aromatic rings. The zero-order valence-electron chi connectivity index (χ0n) is 7.20. The van der Waals surface area contributed by atoms with Gasteiger partial charge in [-0.25, -0.2) is 8.42 Å². The lowest BCUT2D eigenvalue weighted by Gasteiger charge is -2.09. The largest absolute Gasteiger partial charge is 0.281 e. The predicted octanol–water partition coefficient (Wildman–Crippen LogP) is 0.602. The smallest absolute Gasteiger partial charge is 0.194 e. The fraction of sp³-hybridized carbons (Fsp3) is 0.571. The summed E-state index contributed by atoms with van der Waals surface area (Å²) in [6, 6.07) is 0. The van der Waals surface area contributed by atoms with Gasteiger partial charge in [-0.15, -0.1) is 0 Å². The topological polar surface area (TPSA) is 62.8 Å². The Labute approximate surface area is 81.0 Å². The first-order valence-corrected chi connectivity index (χ1v) is 6.97. The summed E-state index contributed by atoms with van der Waals surface area (Å²) in [5.74, 6) is 1.80. The first-order chi connectivity index (χ1) is 6.09. The lowest BCUT2D eigenvalue weighted by atomic mass is 10.2. The van der Waals surface area contributed by atoms with Crippen molar-refractivity contribution in [3.63, 3.8) is 0 Å². The minimum absolute atomic E-state index is 0.231. The van der Waals surface area contributed by atoms with E-state index in [1.807, 2.05) is 0 Å². The van der Waals surface area contributed by atoms with E-state index < -0.39 is 9.84 Å². The van der Waals surface area contributed by atoms with E-state index in [-0.39, 0.29) is 5.03 Å². The Morgan fingerprint density at radius 1 is 1.54 bits per heavy atom. The van der Waals surface area contributed by atoms with Crippen LogP contribution in [0.3, 0.4) is 0 Å². The van der Waals surface area contributed by atoms with Crippen molar-refractivity contribution in [2.24, 2.45) is 0 Å². The van der Waals surface area contributed by atoms with Gasteiger partial charge < -0.3 is 0 Å². The highest BCUT2D eigenvalue weighted by Crippen LogP contribution is 2.27. The Morgan fingerprint density at radius 2 is 2.31 bits per heavy atom. The Bertz CT molecular complexity index is 422. The van der Waals surface area contributed by atoms with Crippen molar-refractivity contribution in [2.75, 3.05) is 12.0 Å². The molecule has 0 aromatic carbocycles. The second kappa shape index (κ2) is 3.02. The molecule has 2 heterocycles. The van der Waals surface area contributed by atoms with Gasteiger partial charge in [0.25, 0.3) is 0 Å². The lowest BCUT2D eigenvalue weighted by Crippen LogP contribution is -2.05. The number of nitrogens with zero attached hydrogens (tertiary/aromatic N) is 1. The Kier molecular flexibility index (Phi) is 2.11. The molecule has 0 radical (unpaired) electrons. The van der Waals surface area contributed by atoms with Crippen LogP contribution in [-0.4, -0.2) is 30.6 Å². The van der Waals surface area contributed by atoms with Gasteiger partial charge in [0.1, 0.15) is 0 Å². The van der Waals surface area contributed by atoms with E-state index in [1.54, 1.807) is 11.8 Å². The third-order valence-corrected chi connectivity index (χ3v) is 4.03. The fourth-order valence-electron chi connectivity index (χ4n) is 1.39. The van der Waals surface area contributed by atoms with Crippen molar-refractivity contribution in [1.29, 1.82) is 0 Å². The summed E-state index contributed by atoms with van der Waals surface area (Å²) in [5, 5.41) is 6.86. The van der Waals surface area contributed by atoms with Crippen LogP contribution in [0.2, 0.25) is 0 Å². The number of nitrogens with one attached hydrogen (secondary N) is 1. The summed E-state index contributed by atoms with van der Waals surface area (Å²) >= 11 is 1.75. The molecule has 0 aliphatic carbocycles. The number of hydrogen-bond acceptors (Lipinski definition) is 4. The van der Waals surface area contributed by atoms with Gasteiger partial charge in [-0.3, -0.25) is 5.10 Å². The van der Waals surface area contributed by atoms with Crippen molar-refractivity contribution in [3.8, 4) is 0 Å². The summed E-state index contributed by atoms with van der Waals surface area (Å²) < 4.78 is 22.5. The predicted molar refractivity (Wildman–Crippen MR) is 51.6 cm³/mol. The summed E-state index contributed by atoms with van der Waals surface area (Å²) in [6.45, 7) is 0. The summed E-state index contributed by atoms with van der Waals surface area (Å²) in [5.41, 5.74) is 1.86. The number of hydrogen-bond donors (Lipinski definition) is 1. The molecule has 0 spiro atoms. The molecular weight excluding hydrogens is 208 g/mol. The van der Waals surface area contributed by atoms with Gasteiger partial charge in [-0.1, -0.05) is 0 Å². The first-order valence-electron chi connectivity index (χ1n) is 3.93. The van der Waals surface area contributed by atoms with Gasteiger partial charge in [-0.05, 0) is 12.2 Å². The van der Waals surface area contributed by atoms with Crippen LogP contribution in [0.15, 0.2) is 5.03 Å². The van der Waals surface area contributed by atoms with Crippen molar-refractivity contribution in [2.45, 2.75) is 17.2 Å². The van der Waals surface area contributed by atoms with Gasteiger partial charge in [0.05, 0.1) is 0 Å². The van der Waals surface area contributed by atoms with Gasteiger partial charge >= 0.3 is 0 Å². The van der Waals surface area contributed by atoms with Crippen LogP contribution in [0, 0.1) is 0 Å². The highest BCUT2D eigenvalue weighted by Gasteiger charge is 2.22. The Hall–Kier alpha value is -0.490. The number of H-pyrrole nitrogens is 1. The fourth-order valence-corrected chi connectivity index (χ4v) is 3.35. The number of thioether (sulfide) groups is 1. The average molecular weight is 218 g/mol. The summed E-state index contributed by atoms with van der Waals surface area (Å²) in [6.07, 6.45) is 2.09. The summed E-state index contributed by atoms with van der Waals surface area (Å²) in [4.78, 5) is 0. The van der Waals surface area contributed by atoms with E-state index in [9.17, 15) is 8.42 Å². The molecule has 0 unspecified atom stereocenters. The maximum absolute atomic E-state index is 11.3.